The minimum absolute atomic E-state index is 0.121. The zero-order valence-electron chi connectivity index (χ0n) is 14.7. The van der Waals surface area contributed by atoms with Crippen LogP contribution in [0.1, 0.15) is 64.7 Å². The van der Waals surface area contributed by atoms with Crippen molar-refractivity contribution >= 4 is 0 Å². The molecule has 2 heteroatoms. The van der Waals surface area contributed by atoms with Crippen LogP contribution in [0.25, 0.3) is 0 Å². The second-order valence-corrected chi connectivity index (χ2v) is 9.43. The molecule has 0 amide bonds. The predicted molar refractivity (Wildman–Crippen MR) is 92.8 cm³/mol. The van der Waals surface area contributed by atoms with Gasteiger partial charge in [-0.05, 0) is 98.2 Å². The van der Waals surface area contributed by atoms with E-state index in [4.69, 9.17) is 0 Å². The van der Waals surface area contributed by atoms with Crippen molar-refractivity contribution in [2.45, 2.75) is 70.8 Å². The van der Waals surface area contributed by atoms with Crippen molar-refractivity contribution in [3.63, 3.8) is 0 Å². The van der Waals surface area contributed by atoms with E-state index in [9.17, 15) is 10.2 Å². The van der Waals surface area contributed by atoms with Crippen LogP contribution in [0.3, 0.4) is 0 Å². The minimum Gasteiger partial charge on any atom is -0.396 e. The van der Waals surface area contributed by atoms with E-state index in [-0.39, 0.29) is 11.5 Å². The van der Waals surface area contributed by atoms with Crippen molar-refractivity contribution in [2.24, 2.45) is 40.4 Å². The van der Waals surface area contributed by atoms with Crippen molar-refractivity contribution in [1.82, 2.24) is 0 Å². The SMILES string of the molecule is C=CC1CC[C@H]2[C@@H]3CC[C@H]4C[C@@H](O)CC[C@]4(CO)[C@H]3CC[C@]12C. The summed E-state index contributed by atoms with van der Waals surface area (Å²) in [5.74, 6) is 3.58. The first-order chi connectivity index (χ1) is 11.0. The molecule has 4 fully saturated rings. The van der Waals surface area contributed by atoms with E-state index in [0.717, 1.165) is 31.1 Å². The summed E-state index contributed by atoms with van der Waals surface area (Å²) in [7, 11) is 0. The van der Waals surface area contributed by atoms with Gasteiger partial charge in [0.15, 0.2) is 0 Å². The van der Waals surface area contributed by atoms with Gasteiger partial charge in [0.1, 0.15) is 0 Å². The van der Waals surface area contributed by atoms with Gasteiger partial charge in [0.25, 0.3) is 0 Å². The van der Waals surface area contributed by atoms with Gasteiger partial charge >= 0.3 is 0 Å². The summed E-state index contributed by atoms with van der Waals surface area (Å²) in [4.78, 5) is 0. The molecule has 4 aliphatic rings. The van der Waals surface area contributed by atoms with Gasteiger partial charge in [-0.25, -0.2) is 0 Å². The third kappa shape index (κ3) is 2.13. The Kier molecular flexibility index (Phi) is 3.93. The van der Waals surface area contributed by atoms with Gasteiger partial charge in [0, 0.05) is 6.61 Å². The highest BCUT2D eigenvalue weighted by atomic mass is 16.3. The lowest BCUT2D eigenvalue weighted by Crippen LogP contribution is -2.56. The van der Waals surface area contributed by atoms with Gasteiger partial charge in [0.2, 0.25) is 0 Å². The lowest BCUT2D eigenvalue weighted by molar-refractivity contribution is -0.152. The zero-order valence-corrected chi connectivity index (χ0v) is 14.7. The third-order valence-corrected chi connectivity index (χ3v) is 8.99. The van der Waals surface area contributed by atoms with Crippen LogP contribution in [0, 0.1) is 40.4 Å². The molecule has 4 aliphatic carbocycles. The van der Waals surface area contributed by atoms with Crippen LogP contribution in [0.15, 0.2) is 12.7 Å². The first-order valence-corrected chi connectivity index (χ1v) is 9.96. The van der Waals surface area contributed by atoms with Crippen molar-refractivity contribution < 1.29 is 10.2 Å². The molecule has 0 bridgehead atoms. The van der Waals surface area contributed by atoms with E-state index in [1.165, 1.54) is 38.5 Å². The fraction of sp³-hybridized carbons (Fsp3) is 0.905. The van der Waals surface area contributed by atoms with Gasteiger partial charge in [-0.3, -0.25) is 0 Å². The van der Waals surface area contributed by atoms with Crippen molar-refractivity contribution in [1.29, 1.82) is 0 Å². The normalized spacial score (nSPS) is 55.6. The van der Waals surface area contributed by atoms with Crippen LogP contribution in [-0.2, 0) is 0 Å². The van der Waals surface area contributed by atoms with Crippen molar-refractivity contribution in [3.05, 3.63) is 12.7 Å². The fourth-order valence-corrected chi connectivity index (χ4v) is 7.76. The Morgan fingerprint density at radius 1 is 1.04 bits per heavy atom. The van der Waals surface area contributed by atoms with E-state index >= 15 is 0 Å². The lowest BCUT2D eigenvalue weighted by Gasteiger charge is -2.61. The summed E-state index contributed by atoms with van der Waals surface area (Å²) < 4.78 is 0. The molecule has 8 atom stereocenters. The molecular weight excluding hydrogens is 284 g/mol. The van der Waals surface area contributed by atoms with Crippen molar-refractivity contribution in [2.75, 3.05) is 6.61 Å². The molecule has 2 N–H and O–H groups in total. The van der Waals surface area contributed by atoms with Gasteiger partial charge in [0.05, 0.1) is 6.10 Å². The Bertz CT molecular complexity index is 474. The summed E-state index contributed by atoms with van der Waals surface area (Å²) in [6.07, 6.45) is 12.8. The maximum atomic E-state index is 10.4. The number of aliphatic hydroxyl groups excluding tert-OH is 2. The largest absolute Gasteiger partial charge is 0.396 e. The molecule has 130 valence electrons. The Morgan fingerprint density at radius 2 is 1.87 bits per heavy atom. The highest BCUT2D eigenvalue weighted by molar-refractivity contribution is 5.12. The topological polar surface area (TPSA) is 40.5 Å². The molecule has 1 unspecified atom stereocenters. The Hall–Kier alpha value is -0.340. The highest BCUT2D eigenvalue weighted by Crippen LogP contribution is 2.67. The van der Waals surface area contributed by atoms with Crippen LogP contribution in [0.4, 0.5) is 0 Å². The van der Waals surface area contributed by atoms with Crippen LogP contribution >= 0.6 is 0 Å². The standard InChI is InChI=1S/C21H34O2/c1-3-14-5-7-18-17-6-4-15-12-16(23)8-11-21(15,13-22)19(17)9-10-20(14,18)2/h3,14-19,22-23H,1,4-13H2,2H3/t14?,15-,16-,17-,18-,19-,20+,21+/m0/s1. The smallest absolute Gasteiger partial charge is 0.0543 e. The number of fused-ring (bicyclic) bond motifs is 5. The average molecular weight is 319 g/mol. The van der Waals surface area contributed by atoms with E-state index < -0.39 is 0 Å². The predicted octanol–water partition coefficient (Wildman–Crippen LogP) is 4.16. The highest BCUT2D eigenvalue weighted by Gasteiger charge is 2.60. The minimum atomic E-state index is -0.123. The van der Waals surface area contributed by atoms with Gasteiger partial charge < -0.3 is 10.2 Å². The fourth-order valence-electron chi connectivity index (χ4n) is 7.76. The second-order valence-electron chi connectivity index (χ2n) is 9.43. The second kappa shape index (κ2) is 5.59. The molecule has 23 heavy (non-hydrogen) atoms. The average Bonchev–Trinajstić information content (AvgIpc) is 2.90. The summed E-state index contributed by atoms with van der Waals surface area (Å²) in [6, 6.07) is 0. The van der Waals surface area contributed by atoms with E-state index in [1.54, 1.807) is 0 Å². The molecule has 0 spiro atoms. The molecular formula is C21H34O2. The van der Waals surface area contributed by atoms with E-state index in [0.29, 0.717) is 29.8 Å². The van der Waals surface area contributed by atoms with Crippen molar-refractivity contribution in [3.8, 4) is 0 Å². The van der Waals surface area contributed by atoms with Crippen LogP contribution in [-0.4, -0.2) is 22.9 Å². The molecule has 2 nitrogen and oxygen atoms in total. The van der Waals surface area contributed by atoms with Crippen LogP contribution in [0.5, 0.6) is 0 Å². The molecule has 0 aliphatic heterocycles. The molecule has 4 saturated carbocycles. The quantitative estimate of drug-likeness (QED) is 0.750. The summed E-state index contributed by atoms with van der Waals surface area (Å²) in [5, 5.41) is 20.5. The lowest BCUT2D eigenvalue weighted by atomic mass is 9.44. The number of allylic oxidation sites excluding steroid dienone is 1. The number of hydrogen-bond donors (Lipinski definition) is 2. The molecule has 0 aromatic carbocycles. The number of rotatable bonds is 2. The van der Waals surface area contributed by atoms with E-state index in [1.807, 2.05) is 0 Å². The third-order valence-electron chi connectivity index (χ3n) is 8.99. The Labute approximate surface area is 141 Å². The molecule has 0 aromatic heterocycles. The monoisotopic (exact) mass is 318 g/mol. The van der Waals surface area contributed by atoms with Crippen LogP contribution in [0.2, 0.25) is 0 Å². The van der Waals surface area contributed by atoms with Crippen LogP contribution < -0.4 is 0 Å². The molecule has 0 radical (unpaired) electrons. The Morgan fingerprint density at radius 3 is 2.61 bits per heavy atom. The Balaban J connectivity index is 1.64. The van der Waals surface area contributed by atoms with Gasteiger partial charge in [-0.15, -0.1) is 6.58 Å². The first kappa shape index (κ1) is 16.1. The van der Waals surface area contributed by atoms with Gasteiger partial charge in [-0.1, -0.05) is 13.0 Å². The number of aliphatic hydroxyl groups is 2. The zero-order chi connectivity index (χ0) is 16.2. The first-order valence-electron chi connectivity index (χ1n) is 9.96. The maximum absolute atomic E-state index is 10.4. The molecule has 0 heterocycles. The maximum Gasteiger partial charge on any atom is 0.0543 e. The summed E-state index contributed by atoms with van der Waals surface area (Å²) in [6.45, 7) is 6.99. The number of hydrogen-bond acceptors (Lipinski definition) is 2. The molecule has 0 saturated heterocycles. The summed E-state index contributed by atoms with van der Waals surface area (Å²) >= 11 is 0. The molecule has 0 aromatic rings. The van der Waals surface area contributed by atoms with E-state index in [2.05, 4.69) is 19.6 Å². The molecule has 4 rings (SSSR count). The van der Waals surface area contributed by atoms with Gasteiger partial charge in [-0.2, -0.15) is 0 Å². The summed E-state index contributed by atoms with van der Waals surface area (Å²) in [5.41, 5.74) is 0.580.